The average Bonchev–Trinajstić information content (AvgIpc) is 2.71. The van der Waals surface area contributed by atoms with Crippen molar-refractivity contribution in [1.82, 2.24) is 9.97 Å². The molecule has 0 spiro atoms. The van der Waals surface area contributed by atoms with Crippen LogP contribution in [0.5, 0.6) is 0 Å². The number of nitrogens with one attached hydrogen (secondary N) is 1. The molecular weight excluding hydrogens is 264 g/mol. The lowest BCUT2D eigenvalue weighted by Crippen LogP contribution is -2.16. The van der Waals surface area contributed by atoms with E-state index < -0.39 is 0 Å². The zero-order chi connectivity index (χ0) is 13.1. The summed E-state index contributed by atoms with van der Waals surface area (Å²) in [5, 5.41) is 3.27. The highest BCUT2D eigenvalue weighted by atomic mass is 32.1. The zero-order valence-electron chi connectivity index (χ0n) is 10.2. The number of aromatic nitrogens is 2. The molecule has 0 bridgehead atoms. The van der Waals surface area contributed by atoms with Gasteiger partial charge in [0, 0.05) is 11.1 Å². The number of anilines is 1. The second-order valence-corrected chi connectivity index (χ2v) is 5.31. The van der Waals surface area contributed by atoms with E-state index in [9.17, 15) is 0 Å². The van der Waals surface area contributed by atoms with Crippen LogP contribution in [0.2, 0.25) is 0 Å². The number of thiocarbonyl (C=S) groups is 1. The first-order valence-corrected chi connectivity index (χ1v) is 6.76. The van der Waals surface area contributed by atoms with Crippen LogP contribution >= 0.6 is 23.6 Å². The Balaban J connectivity index is 2.22. The van der Waals surface area contributed by atoms with E-state index in [1.54, 1.807) is 17.5 Å². The summed E-state index contributed by atoms with van der Waals surface area (Å²) >= 11 is 6.69. The van der Waals surface area contributed by atoms with Crippen molar-refractivity contribution < 1.29 is 0 Å². The van der Waals surface area contributed by atoms with Gasteiger partial charge in [-0.2, -0.15) is 0 Å². The van der Waals surface area contributed by atoms with Crippen LogP contribution in [0.15, 0.2) is 17.8 Å². The van der Waals surface area contributed by atoms with E-state index in [0.29, 0.717) is 11.5 Å². The van der Waals surface area contributed by atoms with Crippen molar-refractivity contribution in [3.05, 3.63) is 39.5 Å². The normalized spacial score (nSPS) is 10.3. The number of aryl methyl sites for hydroxylation is 2. The van der Waals surface area contributed by atoms with Crippen LogP contribution in [-0.2, 0) is 6.54 Å². The van der Waals surface area contributed by atoms with Crippen LogP contribution in [0.1, 0.15) is 21.7 Å². The molecular formula is C12H14N4S2. The molecule has 0 saturated carbocycles. The summed E-state index contributed by atoms with van der Waals surface area (Å²) in [6.45, 7) is 4.65. The van der Waals surface area contributed by atoms with E-state index >= 15 is 0 Å². The minimum Gasteiger partial charge on any atom is -0.389 e. The first-order chi connectivity index (χ1) is 8.59. The standard InChI is InChI=1S/C12H14N4S2/c1-7-3-4-14-12(10(7)11(13)17)15-5-9-8(2)16-6-18-9/h3-4,6H,5H2,1-2H3,(H2,13,17)(H,14,15). The Bertz CT molecular complexity index is 577. The summed E-state index contributed by atoms with van der Waals surface area (Å²) in [4.78, 5) is 10.1. The van der Waals surface area contributed by atoms with Crippen LogP contribution < -0.4 is 11.1 Å². The Morgan fingerprint density at radius 1 is 1.44 bits per heavy atom. The van der Waals surface area contributed by atoms with E-state index in [0.717, 1.165) is 22.6 Å². The highest BCUT2D eigenvalue weighted by Crippen LogP contribution is 2.19. The molecule has 2 aromatic rings. The van der Waals surface area contributed by atoms with Gasteiger partial charge in [-0.3, -0.25) is 0 Å². The predicted molar refractivity (Wildman–Crippen MR) is 79.0 cm³/mol. The van der Waals surface area contributed by atoms with E-state index in [4.69, 9.17) is 18.0 Å². The van der Waals surface area contributed by atoms with Crippen molar-refractivity contribution in [2.24, 2.45) is 5.73 Å². The van der Waals surface area contributed by atoms with Crippen molar-refractivity contribution in [3.63, 3.8) is 0 Å². The molecule has 0 radical (unpaired) electrons. The molecule has 0 unspecified atom stereocenters. The molecule has 94 valence electrons. The molecule has 0 aromatic carbocycles. The highest BCUT2D eigenvalue weighted by Gasteiger charge is 2.10. The van der Waals surface area contributed by atoms with Gasteiger partial charge in [-0.25, -0.2) is 9.97 Å². The molecule has 18 heavy (non-hydrogen) atoms. The molecule has 6 heteroatoms. The van der Waals surface area contributed by atoms with Crippen LogP contribution in [0.4, 0.5) is 5.82 Å². The van der Waals surface area contributed by atoms with Gasteiger partial charge in [0.25, 0.3) is 0 Å². The number of hydrogen-bond acceptors (Lipinski definition) is 5. The van der Waals surface area contributed by atoms with Crippen LogP contribution in [0, 0.1) is 13.8 Å². The highest BCUT2D eigenvalue weighted by molar-refractivity contribution is 7.80. The van der Waals surface area contributed by atoms with Gasteiger partial charge in [0.2, 0.25) is 0 Å². The van der Waals surface area contributed by atoms with E-state index in [1.165, 1.54) is 4.88 Å². The second kappa shape index (κ2) is 5.41. The maximum Gasteiger partial charge on any atom is 0.136 e. The molecule has 0 fully saturated rings. The van der Waals surface area contributed by atoms with Gasteiger partial charge in [0.1, 0.15) is 10.8 Å². The zero-order valence-corrected chi connectivity index (χ0v) is 11.9. The smallest absolute Gasteiger partial charge is 0.136 e. The number of rotatable bonds is 4. The minimum absolute atomic E-state index is 0.365. The van der Waals surface area contributed by atoms with Crippen LogP contribution in [0.25, 0.3) is 0 Å². The quantitative estimate of drug-likeness (QED) is 0.841. The average molecular weight is 278 g/mol. The van der Waals surface area contributed by atoms with Gasteiger partial charge in [0.05, 0.1) is 23.3 Å². The SMILES string of the molecule is Cc1ccnc(NCc2scnc2C)c1C(N)=S. The largest absolute Gasteiger partial charge is 0.389 e. The molecule has 2 aromatic heterocycles. The molecule has 0 aliphatic rings. The fourth-order valence-electron chi connectivity index (χ4n) is 1.66. The lowest BCUT2D eigenvalue weighted by molar-refractivity contribution is 1.09. The van der Waals surface area contributed by atoms with Gasteiger partial charge in [-0.15, -0.1) is 11.3 Å². The lowest BCUT2D eigenvalue weighted by Gasteiger charge is -2.11. The Morgan fingerprint density at radius 3 is 2.83 bits per heavy atom. The third-order valence-electron chi connectivity index (χ3n) is 2.67. The monoisotopic (exact) mass is 278 g/mol. The van der Waals surface area contributed by atoms with Crippen LogP contribution in [0.3, 0.4) is 0 Å². The summed E-state index contributed by atoms with van der Waals surface area (Å²) in [5.41, 5.74) is 10.5. The number of nitrogens with zero attached hydrogens (tertiary/aromatic N) is 2. The molecule has 2 rings (SSSR count). The van der Waals surface area contributed by atoms with Crippen molar-refractivity contribution in [2.75, 3.05) is 5.32 Å². The van der Waals surface area contributed by atoms with Crippen molar-refractivity contribution in [1.29, 1.82) is 0 Å². The molecule has 0 aliphatic heterocycles. The summed E-state index contributed by atoms with van der Waals surface area (Å²) < 4.78 is 0. The molecule has 0 amide bonds. The first kappa shape index (κ1) is 12.9. The van der Waals surface area contributed by atoms with Gasteiger partial charge in [-0.05, 0) is 25.5 Å². The molecule has 4 nitrogen and oxygen atoms in total. The van der Waals surface area contributed by atoms with Crippen molar-refractivity contribution in [3.8, 4) is 0 Å². The summed E-state index contributed by atoms with van der Waals surface area (Å²) in [6, 6.07) is 1.90. The second-order valence-electron chi connectivity index (χ2n) is 3.93. The summed E-state index contributed by atoms with van der Waals surface area (Å²) in [6.07, 6.45) is 1.75. The Labute approximate surface area is 115 Å². The summed E-state index contributed by atoms with van der Waals surface area (Å²) in [7, 11) is 0. The molecule has 0 atom stereocenters. The number of pyridine rings is 1. The molecule has 3 N–H and O–H groups in total. The van der Waals surface area contributed by atoms with Crippen LogP contribution in [-0.4, -0.2) is 15.0 Å². The van der Waals surface area contributed by atoms with E-state index in [2.05, 4.69) is 15.3 Å². The van der Waals surface area contributed by atoms with Gasteiger partial charge in [-0.1, -0.05) is 12.2 Å². The Kier molecular flexibility index (Phi) is 3.88. The molecule has 2 heterocycles. The van der Waals surface area contributed by atoms with E-state index in [-0.39, 0.29) is 0 Å². The number of hydrogen-bond donors (Lipinski definition) is 2. The summed E-state index contributed by atoms with van der Waals surface area (Å²) in [5.74, 6) is 0.732. The van der Waals surface area contributed by atoms with Crippen molar-refractivity contribution in [2.45, 2.75) is 20.4 Å². The third kappa shape index (κ3) is 2.65. The fraction of sp³-hybridized carbons (Fsp3) is 0.250. The lowest BCUT2D eigenvalue weighted by atomic mass is 10.1. The third-order valence-corrected chi connectivity index (χ3v) is 3.81. The maximum atomic E-state index is 5.74. The Hall–Kier alpha value is -1.53. The minimum atomic E-state index is 0.365. The van der Waals surface area contributed by atoms with Crippen molar-refractivity contribution >= 4 is 34.4 Å². The number of thiazole rings is 1. The molecule has 0 aliphatic carbocycles. The van der Waals surface area contributed by atoms with Gasteiger partial charge in [0.15, 0.2) is 0 Å². The Morgan fingerprint density at radius 2 is 2.22 bits per heavy atom. The fourth-order valence-corrected chi connectivity index (χ4v) is 2.64. The van der Waals surface area contributed by atoms with Gasteiger partial charge < -0.3 is 11.1 Å². The van der Waals surface area contributed by atoms with Gasteiger partial charge >= 0.3 is 0 Å². The first-order valence-electron chi connectivity index (χ1n) is 5.48. The predicted octanol–water partition coefficient (Wildman–Crippen LogP) is 2.40. The topological polar surface area (TPSA) is 63.8 Å². The van der Waals surface area contributed by atoms with E-state index in [1.807, 2.05) is 25.4 Å². The number of nitrogens with two attached hydrogens (primary N) is 1. The maximum absolute atomic E-state index is 5.74. The molecule has 0 saturated heterocycles.